The normalized spacial score (nSPS) is 24.6. The van der Waals surface area contributed by atoms with Crippen LogP contribution in [0.15, 0.2) is 47.5 Å². The molecule has 1 N–H and O–H groups in total. The number of carbonyl (C=O) groups excluding carboxylic acids is 1. The highest BCUT2D eigenvalue weighted by Crippen LogP contribution is 2.52. The SMILES string of the molecule is O=C(N1CC(C(F)(F)F)C1)N1CC[C@@](O)(Cn2cnc(-c3ccccc3)cc2=O)C2(CCCC2)C1. The first-order chi connectivity index (χ1) is 16.6. The van der Waals surface area contributed by atoms with Crippen LogP contribution in [0, 0.1) is 11.3 Å². The molecule has 0 unspecified atom stereocenters. The second kappa shape index (κ2) is 8.65. The Kier molecular flexibility index (Phi) is 5.89. The van der Waals surface area contributed by atoms with E-state index in [4.69, 9.17) is 0 Å². The van der Waals surface area contributed by atoms with Crippen molar-refractivity contribution in [2.75, 3.05) is 26.2 Å². The zero-order chi connectivity index (χ0) is 24.8. The Hall–Kier alpha value is -2.88. The molecule has 3 heterocycles. The molecule has 1 saturated carbocycles. The van der Waals surface area contributed by atoms with Crippen LogP contribution in [0.5, 0.6) is 0 Å². The molecule has 1 aliphatic carbocycles. The minimum atomic E-state index is -4.29. The molecular weight excluding hydrogens is 461 g/mol. The molecule has 3 aliphatic rings. The second-order valence-corrected chi connectivity index (χ2v) is 10.2. The molecule has 10 heteroatoms. The fraction of sp³-hybridized carbons (Fsp3) is 0.560. The summed E-state index contributed by atoms with van der Waals surface area (Å²) in [5, 5.41) is 11.9. The Bertz CT molecular complexity index is 1140. The van der Waals surface area contributed by atoms with E-state index in [1.807, 2.05) is 30.3 Å². The lowest BCUT2D eigenvalue weighted by Crippen LogP contribution is -2.65. The number of rotatable bonds is 3. The van der Waals surface area contributed by atoms with Gasteiger partial charge in [0.1, 0.15) is 0 Å². The van der Waals surface area contributed by atoms with E-state index in [2.05, 4.69) is 4.98 Å². The number of benzene rings is 1. The molecule has 188 valence electrons. The summed E-state index contributed by atoms with van der Waals surface area (Å²) in [6.45, 7) is -0.0556. The van der Waals surface area contributed by atoms with Crippen LogP contribution < -0.4 is 5.56 Å². The highest BCUT2D eigenvalue weighted by Gasteiger charge is 2.57. The van der Waals surface area contributed by atoms with E-state index in [9.17, 15) is 27.9 Å². The third kappa shape index (κ3) is 4.32. The molecule has 2 amide bonds. The molecule has 3 fully saturated rings. The molecule has 1 spiro atoms. The smallest absolute Gasteiger partial charge is 0.387 e. The first-order valence-electron chi connectivity index (χ1n) is 12.1. The molecular formula is C25H29F3N4O3. The largest absolute Gasteiger partial charge is 0.395 e. The number of aliphatic hydroxyl groups is 1. The minimum Gasteiger partial charge on any atom is -0.387 e. The Morgan fingerprint density at radius 1 is 1.09 bits per heavy atom. The van der Waals surface area contributed by atoms with Crippen LogP contribution in [0.2, 0.25) is 0 Å². The van der Waals surface area contributed by atoms with E-state index in [0.717, 1.165) is 18.4 Å². The number of hydrogen-bond donors (Lipinski definition) is 1. The van der Waals surface area contributed by atoms with Gasteiger partial charge in [0, 0.05) is 43.2 Å². The third-order valence-corrected chi connectivity index (χ3v) is 8.10. The van der Waals surface area contributed by atoms with Crippen molar-refractivity contribution < 1.29 is 23.1 Å². The molecule has 1 aromatic heterocycles. The van der Waals surface area contributed by atoms with Crippen LogP contribution in [0.3, 0.4) is 0 Å². The zero-order valence-corrected chi connectivity index (χ0v) is 19.4. The lowest BCUT2D eigenvalue weighted by Gasteiger charge is -2.53. The van der Waals surface area contributed by atoms with Crippen molar-refractivity contribution in [1.29, 1.82) is 0 Å². The fourth-order valence-corrected chi connectivity index (χ4v) is 5.90. The predicted octanol–water partition coefficient (Wildman–Crippen LogP) is 3.52. The van der Waals surface area contributed by atoms with Crippen molar-refractivity contribution in [2.45, 2.75) is 50.4 Å². The predicted molar refractivity (Wildman–Crippen MR) is 122 cm³/mol. The molecule has 35 heavy (non-hydrogen) atoms. The summed E-state index contributed by atoms with van der Waals surface area (Å²) in [6.07, 6.45) is 0.603. The summed E-state index contributed by atoms with van der Waals surface area (Å²) < 4.78 is 40.0. The van der Waals surface area contributed by atoms with Gasteiger partial charge in [-0.1, -0.05) is 43.2 Å². The average molecular weight is 491 g/mol. The highest BCUT2D eigenvalue weighted by molar-refractivity contribution is 5.75. The summed E-state index contributed by atoms with van der Waals surface area (Å²) >= 11 is 0. The van der Waals surface area contributed by atoms with E-state index < -0.39 is 29.1 Å². The summed E-state index contributed by atoms with van der Waals surface area (Å²) in [5.74, 6) is -1.47. The third-order valence-electron chi connectivity index (χ3n) is 8.10. The quantitative estimate of drug-likeness (QED) is 0.714. The zero-order valence-electron chi connectivity index (χ0n) is 19.4. The summed E-state index contributed by atoms with van der Waals surface area (Å²) in [7, 11) is 0. The maximum absolute atomic E-state index is 12.9. The maximum Gasteiger partial charge on any atom is 0.395 e. The van der Waals surface area contributed by atoms with E-state index >= 15 is 0 Å². The molecule has 1 aromatic carbocycles. The topological polar surface area (TPSA) is 78.7 Å². The average Bonchev–Trinajstić information content (AvgIpc) is 3.26. The maximum atomic E-state index is 12.9. The first-order valence-corrected chi connectivity index (χ1v) is 12.1. The molecule has 2 aromatic rings. The molecule has 1 atom stereocenters. The van der Waals surface area contributed by atoms with Gasteiger partial charge in [-0.2, -0.15) is 13.2 Å². The van der Waals surface area contributed by atoms with Crippen LogP contribution in [0.25, 0.3) is 11.3 Å². The number of halogens is 3. The standard InChI is InChI=1S/C25H29F3N4O3/c26-25(27,28)19-13-31(14-19)22(34)30-11-10-24(35,23(15-30)8-4-5-9-23)16-32-17-29-20(12-21(32)33)18-6-2-1-3-7-18/h1-3,6-7,12,17,19,35H,4-5,8-11,13-16H2/t24-/m1/s1. The number of hydrogen-bond acceptors (Lipinski definition) is 4. The van der Waals surface area contributed by atoms with Gasteiger partial charge in [0.25, 0.3) is 5.56 Å². The van der Waals surface area contributed by atoms with Crippen molar-refractivity contribution in [3.05, 3.63) is 53.1 Å². The molecule has 2 saturated heterocycles. The molecule has 0 bridgehead atoms. The van der Waals surface area contributed by atoms with E-state index in [1.165, 1.54) is 21.9 Å². The van der Waals surface area contributed by atoms with Gasteiger partial charge in [-0.3, -0.25) is 9.36 Å². The Morgan fingerprint density at radius 3 is 2.40 bits per heavy atom. The molecule has 5 rings (SSSR count). The van der Waals surface area contributed by atoms with Gasteiger partial charge in [0.05, 0.1) is 30.1 Å². The van der Waals surface area contributed by atoms with Crippen LogP contribution in [0.4, 0.5) is 18.0 Å². The van der Waals surface area contributed by atoms with E-state index in [-0.39, 0.29) is 44.7 Å². The van der Waals surface area contributed by atoms with Gasteiger partial charge in [-0.15, -0.1) is 0 Å². The number of likely N-dealkylation sites (tertiary alicyclic amines) is 2. The van der Waals surface area contributed by atoms with Gasteiger partial charge < -0.3 is 14.9 Å². The van der Waals surface area contributed by atoms with Crippen LogP contribution in [-0.4, -0.2) is 68.4 Å². The fourth-order valence-electron chi connectivity index (χ4n) is 5.90. The number of aromatic nitrogens is 2. The van der Waals surface area contributed by atoms with Crippen LogP contribution in [-0.2, 0) is 6.54 Å². The van der Waals surface area contributed by atoms with Crippen molar-refractivity contribution in [1.82, 2.24) is 19.4 Å². The number of nitrogens with zero attached hydrogens (tertiary/aromatic N) is 4. The van der Waals surface area contributed by atoms with E-state index in [1.54, 1.807) is 4.90 Å². The lowest BCUT2D eigenvalue weighted by molar-refractivity contribution is -0.204. The Morgan fingerprint density at radius 2 is 1.77 bits per heavy atom. The summed E-state index contributed by atoms with van der Waals surface area (Å²) in [5.41, 5.74) is -0.705. The number of carbonyl (C=O) groups is 1. The Balaban J connectivity index is 1.32. The number of urea groups is 1. The highest BCUT2D eigenvalue weighted by atomic mass is 19.4. The molecule has 2 aliphatic heterocycles. The minimum absolute atomic E-state index is 0.0653. The van der Waals surface area contributed by atoms with Crippen molar-refractivity contribution in [2.24, 2.45) is 11.3 Å². The summed E-state index contributed by atoms with van der Waals surface area (Å²) in [6, 6.07) is 10.4. The van der Waals surface area contributed by atoms with Gasteiger partial charge in [0.15, 0.2) is 0 Å². The van der Waals surface area contributed by atoms with Gasteiger partial charge in [-0.05, 0) is 19.3 Å². The summed E-state index contributed by atoms with van der Waals surface area (Å²) in [4.78, 5) is 33.1. The van der Waals surface area contributed by atoms with Crippen LogP contribution >= 0.6 is 0 Å². The molecule has 0 radical (unpaired) electrons. The monoisotopic (exact) mass is 490 g/mol. The van der Waals surface area contributed by atoms with Crippen molar-refractivity contribution >= 4 is 6.03 Å². The number of alkyl halides is 3. The number of amides is 2. The first kappa shape index (κ1) is 23.8. The second-order valence-electron chi connectivity index (χ2n) is 10.2. The lowest BCUT2D eigenvalue weighted by atomic mass is 9.66. The van der Waals surface area contributed by atoms with E-state index in [0.29, 0.717) is 18.5 Å². The van der Waals surface area contributed by atoms with Gasteiger partial charge >= 0.3 is 12.2 Å². The Labute approximate surface area is 201 Å². The van der Waals surface area contributed by atoms with Crippen LogP contribution in [0.1, 0.15) is 32.1 Å². The van der Waals surface area contributed by atoms with Gasteiger partial charge in [0.2, 0.25) is 0 Å². The number of piperidine rings is 1. The van der Waals surface area contributed by atoms with Crippen molar-refractivity contribution in [3.63, 3.8) is 0 Å². The van der Waals surface area contributed by atoms with Crippen molar-refractivity contribution in [3.8, 4) is 11.3 Å². The molecule has 7 nitrogen and oxygen atoms in total. The van der Waals surface area contributed by atoms with Gasteiger partial charge in [-0.25, -0.2) is 9.78 Å².